The summed E-state index contributed by atoms with van der Waals surface area (Å²) in [6.07, 6.45) is 0. The van der Waals surface area contributed by atoms with Crippen molar-refractivity contribution in [3.63, 3.8) is 0 Å². The SMILES string of the molecule is N#Cc1ccc(-c2ccc3c4ccc(-c5ccc(C#N)cc5C#N)cc4n(-c4ccc(-c5nc(-c6ccccc6)nc(-c6ccccc6)n5)cc4-c4cc(-c5ccccc5)nc(-c5ccccc5)n4)c3c2)c(C#N)c1. The number of benzene rings is 9. The maximum absolute atomic E-state index is 10.4. The highest BCUT2D eigenvalue weighted by Gasteiger charge is 2.23. The fourth-order valence-electron chi connectivity index (χ4n) is 9.60. The molecule has 0 saturated heterocycles. The Kier molecular flexibility index (Phi) is 11.5. The van der Waals surface area contributed by atoms with Crippen molar-refractivity contribution in [1.82, 2.24) is 29.5 Å². The molecule has 0 radical (unpaired) electrons. The van der Waals surface area contributed by atoms with Gasteiger partial charge in [-0.05, 0) is 82.9 Å². The van der Waals surface area contributed by atoms with Crippen molar-refractivity contribution < 1.29 is 0 Å². The van der Waals surface area contributed by atoms with Crippen LogP contribution in [0.4, 0.5) is 0 Å². The van der Waals surface area contributed by atoms with E-state index in [4.69, 9.17) is 24.9 Å². The number of hydrogen-bond acceptors (Lipinski definition) is 9. The Morgan fingerprint density at radius 3 is 1.16 bits per heavy atom. The Morgan fingerprint density at radius 2 is 0.707 bits per heavy atom. The molecule has 0 aliphatic carbocycles. The lowest BCUT2D eigenvalue weighted by Gasteiger charge is -2.18. The molecule has 0 unspecified atom stereocenters. The van der Waals surface area contributed by atoms with Gasteiger partial charge in [-0.25, -0.2) is 24.9 Å². The second-order valence-corrected chi connectivity index (χ2v) is 17.7. The molecule has 12 rings (SSSR count). The second-order valence-electron chi connectivity index (χ2n) is 17.7. The van der Waals surface area contributed by atoms with E-state index in [2.05, 4.69) is 65.2 Å². The summed E-state index contributed by atoms with van der Waals surface area (Å²) in [5.41, 5.74) is 13.0. The minimum absolute atomic E-state index is 0.373. The summed E-state index contributed by atoms with van der Waals surface area (Å²) in [7, 11) is 0. The molecule has 0 fully saturated rings. The van der Waals surface area contributed by atoms with Crippen LogP contribution in [0.3, 0.4) is 0 Å². The lowest BCUT2D eigenvalue weighted by Crippen LogP contribution is -2.03. The fraction of sp³-hybridized carbons (Fsp3) is 0. The van der Waals surface area contributed by atoms with Gasteiger partial charge in [0.05, 0.1) is 74.6 Å². The van der Waals surface area contributed by atoms with E-state index in [1.807, 2.05) is 158 Å². The van der Waals surface area contributed by atoms with E-state index in [0.717, 1.165) is 72.1 Å². The Morgan fingerprint density at radius 1 is 0.293 bits per heavy atom. The molecule has 3 aromatic heterocycles. The summed E-state index contributed by atoms with van der Waals surface area (Å²) in [6.45, 7) is 0. The molecule has 0 spiro atoms. The first kappa shape index (κ1) is 45.0. The van der Waals surface area contributed by atoms with Crippen LogP contribution in [0.25, 0.3) is 118 Å². The van der Waals surface area contributed by atoms with Gasteiger partial charge in [-0.2, -0.15) is 21.0 Å². The Bertz CT molecular complexity index is 4140. The zero-order chi connectivity index (χ0) is 50.8. The van der Waals surface area contributed by atoms with Crippen LogP contribution >= 0.6 is 0 Å². The van der Waals surface area contributed by atoms with Crippen LogP contribution in [0.15, 0.2) is 218 Å². The molecule has 12 aromatic rings. The molecule has 0 amide bonds. The zero-order valence-electron chi connectivity index (χ0n) is 39.8. The number of nitriles is 4. The van der Waals surface area contributed by atoms with E-state index in [1.165, 1.54) is 0 Å². The van der Waals surface area contributed by atoms with Gasteiger partial charge in [-0.15, -0.1) is 0 Å². The van der Waals surface area contributed by atoms with Crippen LogP contribution in [0.1, 0.15) is 22.3 Å². The average molecular weight is 957 g/mol. The highest BCUT2D eigenvalue weighted by molar-refractivity contribution is 6.12. The third-order valence-corrected chi connectivity index (χ3v) is 13.2. The first-order valence-corrected chi connectivity index (χ1v) is 24.0. The molecule has 10 heteroatoms. The lowest BCUT2D eigenvalue weighted by molar-refractivity contribution is 1.07. The van der Waals surface area contributed by atoms with Gasteiger partial charge < -0.3 is 4.57 Å². The predicted octanol–water partition coefficient (Wildman–Crippen LogP) is 14.6. The third kappa shape index (κ3) is 8.45. The molecule has 75 heavy (non-hydrogen) atoms. The van der Waals surface area contributed by atoms with Crippen LogP contribution < -0.4 is 0 Å². The standard InChI is InChI=1S/C65H36N10/c66-37-41-21-26-52(50(31-41)39-68)47-23-28-54-55-29-24-48(53-27-22-42(38-67)32-51(53)40-69)35-61(55)75(60(54)34-47)59-30-25-49(65-73-63(45-17-9-3-10-18-45)72-64(74-65)46-19-11-4-12-20-46)33-56(59)58-36-57(43-13-5-1-6-14-43)70-62(71-58)44-15-7-2-8-16-44/h1-36H. The van der Waals surface area contributed by atoms with Gasteiger partial charge in [-0.3, -0.25) is 0 Å². The summed E-state index contributed by atoms with van der Waals surface area (Å²) in [6, 6.07) is 79.4. The molecular formula is C65H36N10. The highest BCUT2D eigenvalue weighted by atomic mass is 15.0. The van der Waals surface area contributed by atoms with Gasteiger partial charge in [0, 0.05) is 44.2 Å². The number of fused-ring (bicyclic) bond motifs is 3. The van der Waals surface area contributed by atoms with E-state index in [-0.39, 0.29) is 0 Å². The monoisotopic (exact) mass is 956 g/mol. The van der Waals surface area contributed by atoms with Gasteiger partial charge in [0.1, 0.15) is 0 Å². The van der Waals surface area contributed by atoms with Crippen molar-refractivity contribution >= 4 is 21.8 Å². The highest BCUT2D eigenvalue weighted by Crippen LogP contribution is 2.42. The summed E-state index contributed by atoms with van der Waals surface area (Å²) in [5, 5.41) is 42.2. The molecule has 346 valence electrons. The quantitative estimate of drug-likeness (QED) is 0.137. The van der Waals surface area contributed by atoms with Crippen molar-refractivity contribution in [2.75, 3.05) is 0 Å². The lowest BCUT2D eigenvalue weighted by atomic mass is 9.96. The number of rotatable bonds is 9. The van der Waals surface area contributed by atoms with Gasteiger partial charge in [0.25, 0.3) is 0 Å². The molecule has 9 aromatic carbocycles. The summed E-state index contributed by atoms with van der Waals surface area (Å²) < 4.78 is 2.20. The van der Waals surface area contributed by atoms with Gasteiger partial charge >= 0.3 is 0 Å². The van der Waals surface area contributed by atoms with Crippen molar-refractivity contribution in [2.24, 2.45) is 0 Å². The first-order valence-electron chi connectivity index (χ1n) is 24.0. The molecule has 3 heterocycles. The van der Waals surface area contributed by atoms with Crippen molar-refractivity contribution in [3.05, 3.63) is 241 Å². The topological polar surface area (TPSA) is 165 Å². The van der Waals surface area contributed by atoms with Crippen molar-refractivity contribution in [2.45, 2.75) is 0 Å². The maximum Gasteiger partial charge on any atom is 0.164 e. The molecule has 0 saturated carbocycles. The summed E-state index contributed by atoms with van der Waals surface area (Å²) >= 11 is 0. The molecular weight excluding hydrogens is 921 g/mol. The van der Waals surface area contributed by atoms with E-state index < -0.39 is 0 Å². The minimum Gasteiger partial charge on any atom is -0.309 e. The number of hydrogen-bond donors (Lipinski definition) is 0. The predicted molar refractivity (Wildman–Crippen MR) is 292 cm³/mol. The molecule has 10 nitrogen and oxygen atoms in total. The summed E-state index contributed by atoms with van der Waals surface area (Å²) in [4.78, 5) is 25.9. The number of nitrogens with zero attached hydrogens (tertiary/aromatic N) is 10. The Hall–Kier alpha value is -11.2. The van der Waals surface area contributed by atoms with Gasteiger partial charge in [-0.1, -0.05) is 158 Å². The third-order valence-electron chi connectivity index (χ3n) is 13.2. The molecule has 0 N–H and O–H groups in total. The van der Waals surface area contributed by atoms with E-state index in [1.54, 1.807) is 24.3 Å². The van der Waals surface area contributed by atoms with E-state index in [0.29, 0.717) is 67.9 Å². The maximum atomic E-state index is 10.4. The molecule has 0 bridgehead atoms. The molecule has 0 atom stereocenters. The van der Waals surface area contributed by atoms with E-state index >= 15 is 0 Å². The average Bonchev–Trinajstić information content (AvgIpc) is 3.85. The van der Waals surface area contributed by atoms with Crippen molar-refractivity contribution in [1.29, 1.82) is 21.0 Å². The van der Waals surface area contributed by atoms with Crippen LogP contribution in [0.5, 0.6) is 0 Å². The van der Waals surface area contributed by atoms with Crippen LogP contribution in [-0.4, -0.2) is 29.5 Å². The van der Waals surface area contributed by atoms with Gasteiger partial charge in [0.2, 0.25) is 0 Å². The second kappa shape index (κ2) is 19.2. The van der Waals surface area contributed by atoms with E-state index in [9.17, 15) is 21.0 Å². The smallest absolute Gasteiger partial charge is 0.164 e. The number of aromatic nitrogens is 6. The normalized spacial score (nSPS) is 10.9. The van der Waals surface area contributed by atoms with Crippen LogP contribution in [-0.2, 0) is 0 Å². The molecule has 0 aliphatic rings. The van der Waals surface area contributed by atoms with Crippen molar-refractivity contribution in [3.8, 4) is 120 Å². The summed E-state index contributed by atoms with van der Waals surface area (Å²) in [5.74, 6) is 2.03. The fourth-order valence-corrected chi connectivity index (χ4v) is 9.60. The molecule has 0 aliphatic heterocycles. The van der Waals surface area contributed by atoms with Gasteiger partial charge in [0.15, 0.2) is 23.3 Å². The first-order chi connectivity index (χ1) is 37.0. The zero-order valence-corrected chi connectivity index (χ0v) is 39.8. The Labute approximate surface area is 431 Å². The minimum atomic E-state index is 0.373. The van der Waals surface area contributed by atoms with Crippen LogP contribution in [0, 0.1) is 45.3 Å². The van der Waals surface area contributed by atoms with Crippen LogP contribution in [0.2, 0.25) is 0 Å². The largest absolute Gasteiger partial charge is 0.309 e. The Balaban J connectivity index is 1.19.